The zero-order valence-electron chi connectivity index (χ0n) is 21.6. The molecule has 4 rings (SSSR count). The van der Waals surface area contributed by atoms with E-state index in [2.05, 4.69) is 8.75 Å². The monoisotopic (exact) mass is 542 g/mol. The SMILES string of the molecule is COc1ccccc1CC(C(=O)c1cc(OC)c(OC)c(OC)c1)=C(C(=O)[O-])c1ccc2nsnc2c1.[Na+]. The van der Waals surface area contributed by atoms with Crippen LogP contribution in [0.2, 0.25) is 0 Å². The van der Waals surface area contributed by atoms with Crippen molar-refractivity contribution in [3.63, 3.8) is 0 Å². The van der Waals surface area contributed by atoms with E-state index in [-0.39, 0.29) is 69.8 Å². The first-order chi connectivity index (χ1) is 17.9. The van der Waals surface area contributed by atoms with Gasteiger partial charge in [-0.05, 0) is 41.5 Å². The molecule has 0 aliphatic rings. The Morgan fingerprint density at radius 1 is 0.789 bits per heavy atom. The molecular formula is C27H23N2NaO7S. The number of aliphatic carboxylic acids is 1. The number of aromatic nitrogens is 2. The third-order valence-corrected chi connectivity index (χ3v) is 6.37. The molecule has 0 fully saturated rings. The van der Waals surface area contributed by atoms with Crippen molar-refractivity contribution in [1.82, 2.24) is 8.75 Å². The number of carbonyl (C=O) groups is 2. The molecule has 0 saturated carbocycles. The van der Waals surface area contributed by atoms with Crippen molar-refractivity contribution in [3.8, 4) is 23.0 Å². The Balaban J connectivity index is 0.00000400. The first-order valence-corrected chi connectivity index (χ1v) is 11.8. The van der Waals surface area contributed by atoms with Crippen molar-refractivity contribution in [3.05, 3.63) is 76.9 Å². The number of benzene rings is 3. The molecule has 0 atom stereocenters. The minimum atomic E-state index is -1.51. The minimum Gasteiger partial charge on any atom is -0.545 e. The van der Waals surface area contributed by atoms with Crippen LogP contribution < -0.4 is 53.6 Å². The van der Waals surface area contributed by atoms with Crippen LogP contribution in [0.1, 0.15) is 21.5 Å². The van der Waals surface area contributed by atoms with E-state index >= 15 is 0 Å². The summed E-state index contributed by atoms with van der Waals surface area (Å²) in [7, 11) is 5.82. The molecule has 3 aromatic carbocycles. The van der Waals surface area contributed by atoms with Crippen LogP contribution in [0.5, 0.6) is 23.0 Å². The smallest absolute Gasteiger partial charge is 0.545 e. The van der Waals surface area contributed by atoms with Crippen molar-refractivity contribution >= 4 is 40.1 Å². The number of carboxylic acids is 1. The first kappa shape index (κ1) is 29.1. The average molecular weight is 543 g/mol. The van der Waals surface area contributed by atoms with E-state index in [0.717, 1.165) is 11.7 Å². The quantitative estimate of drug-likeness (QED) is 0.159. The van der Waals surface area contributed by atoms with Gasteiger partial charge in [-0.1, -0.05) is 24.3 Å². The molecule has 0 amide bonds. The van der Waals surface area contributed by atoms with E-state index in [1.54, 1.807) is 42.5 Å². The molecule has 190 valence electrons. The van der Waals surface area contributed by atoms with Crippen molar-refractivity contribution in [2.45, 2.75) is 6.42 Å². The standard InChI is InChI=1S/C27H24N2O7S.Na/c1-33-21-8-6-5-7-15(21)11-18(24(27(31)32)16-9-10-19-20(12-16)29-37-28-19)25(30)17-13-22(34-2)26(36-4)23(14-17)35-3;/h5-10,12-14H,11H2,1-4H3,(H,31,32);/q;+1/p-1. The Bertz CT molecular complexity index is 1490. The maximum absolute atomic E-state index is 14.0. The summed E-state index contributed by atoms with van der Waals surface area (Å²) in [5.74, 6) is -0.735. The second-order valence-electron chi connectivity index (χ2n) is 7.84. The van der Waals surface area contributed by atoms with Crippen molar-refractivity contribution in [2.24, 2.45) is 0 Å². The zero-order valence-corrected chi connectivity index (χ0v) is 24.4. The van der Waals surface area contributed by atoms with Crippen LogP contribution in [0.25, 0.3) is 16.6 Å². The van der Waals surface area contributed by atoms with Gasteiger partial charge in [-0.25, -0.2) is 0 Å². The number of carbonyl (C=O) groups excluding carboxylic acids is 2. The van der Waals surface area contributed by atoms with Crippen LogP contribution in [0.3, 0.4) is 0 Å². The van der Waals surface area contributed by atoms with Gasteiger partial charge in [-0.2, -0.15) is 8.75 Å². The molecule has 1 aromatic heterocycles. The third kappa shape index (κ3) is 5.83. The molecule has 9 nitrogen and oxygen atoms in total. The van der Waals surface area contributed by atoms with Gasteiger partial charge in [-0.3, -0.25) is 4.79 Å². The number of methoxy groups -OCH3 is 4. The topological polar surface area (TPSA) is 120 Å². The molecule has 0 saturated heterocycles. The van der Waals surface area contributed by atoms with E-state index in [9.17, 15) is 14.7 Å². The molecular weight excluding hydrogens is 519 g/mol. The van der Waals surface area contributed by atoms with Gasteiger partial charge in [0.25, 0.3) is 0 Å². The predicted molar refractivity (Wildman–Crippen MR) is 136 cm³/mol. The molecule has 0 aliphatic heterocycles. The van der Waals surface area contributed by atoms with E-state index in [1.165, 1.54) is 40.6 Å². The van der Waals surface area contributed by atoms with Crippen LogP contribution >= 0.6 is 11.7 Å². The van der Waals surface area contributed by atoms with E-state index in [1.807, 2.05) is 0 Å². The summed E-state index contributed by atoms with van der Waals surface area (Å²) in [5.41, 5.74) is 1.89. The van der Waals surface area contributed by atoms with Crippen LogP contribution in [-0.4, -0.2) is 48.9 Å². The van der Waals surface area contributed by atoms with E-state index < -0.39 is 11.8 Å². The number of para-hydroxylation sites is 1. The van der Waals surface area contributed by atoms with Gasteiger partial charge in [0.1, 0.15) is 16.8 Å². The van der Waals surface area contributed by atoms with Crippen LogP contribution in [0.15, 0.2) is 60.2 Å². The number of ketones is 1. The Kier molecular flexibility index (Phi) is 9.87. The number of rotatable bonds is 10. The normalized spacial score (nSPS) is 11.3. The van der Waals surface area contributed by atoms with E-state index in [4.69, 9.17) is 18.9 Å². The molecule has 0 unspecified atom stereocenters. The molecule has 0 radical (unpaired) electrons. The summed E-state index contributed by atoms with van der Waals surface area (Å²) < 4.78 is 30.0. The van der Waals surface area contributed by atoms with Gasteiger partial charge in [0.2, 0.25) is 5.75 Å². The molecule has 38 heavy (non-hydrogen) atoms. The Labute approximate surface area is 245 Å². The second-order valence-corrected chi connectivity index (χ2v) is 8.37. The Hall–Kier alpha value is -3.44. The van der Waals surface area contributed by atoms with Crippen molar-refractivity contribution in [2.75, 3.05) is 28.4 Å². The number of allylic oxidation sites excluding steroid dienone is 1. The molecule has 0 aliphatic carbocycles. The molecule has 4 aromatic rings. The Morgan fingerprint density at radius 2 is 1.42 bits per heavy atom. The van der Waals surface area contributed by atoms with Gasteiger partial charge in [0.15, 0.2) is 17.3 Å². The fourth-order valence-electron chi connectivity index (χ4n) is 4.06. The predicted octanol–water partition coefficient (Wildman–Crippen LogP) is 0.359. The van der Waals surface area contributed by atoms with Gasteiger partial charge in [0.05, 0.1) is 46.1 Å². The summed E-state index contributed by atoms with van der Waals surface area (Å²) in [5, 5.41) is 12.6. The van der Waals surface area contributed by atoms with Gasteiger partial charge in [0, 0.05) is 23.1 Å². The molecule has 0 spiro atoms. The van der Waals surface area contributed by atoms with Gasteiger partial charge >= 0.3 is 29.6 Å². The largest absolute Gasteiger partial charge is 1.00 e. The summed E-state index contributed by atoms with van der Waals surface area (Å²) in [6.07, 6.45) is -0.0455. The maximum atomic E-state index is 14.0. The second kappa shape index (κ2) is 12.9. The first-order valence-electron chi connectivity index (χ1n) is 11.1. The molecule has 1 heterocycles. The number of hydrogen-bond donors (Lipinski definition) is 0. The number of hydrogen-bond acceptors (Lipinski definition) is 10. The molecule has 0 N–H and O–H groups in total. The van der Waals surface area contributed by atoms with Crippen LogP contribution in [0.4, 0.5) is 0 Å². The summed E-state index contributed by atoms with van der Waals surface area (Å²) in [6, 6.07) is 14.8. The molecule has 0 bridgehead atoms. The minimum absolute atomic E-state index is 0. The number of fused-ring (bicyclic) bond motifs is 1. The van der Waals surface area contributed by atoms with Crippen molar-refractivity contribution < 1.29 is 63.2 Å². The number of carboxylic acid groups (broad SMARTS) is 1. The summed E-state index contributed by atoms with van der Waals surface area (Å²) in [4.78, 5) is 26.6. The van der Waals surface area contributed by atoms with Crippen LogP contribution in [-0.2, 0) is 11.2 Å². The fraction of sp³-hybridized carbons (Fsp3) is 0.185. The van der Waals surface area contributed by atoms with Crippen molar-refractivity contribution in [1.29, 1.82) is 0 Å². The van der Waals surface area contributed by atoms with Gasteiger partial charge < -0.3 is 28.8 Å². The fourth-order valence-corrected chi connectivity index (χ4v) is 4.58. The third-order valence-electron chi connectivity index (χ3n) is 5.81. The number of nitrogens with zero attached hydrogens (tertiary/aromatic N) is 2. The molecule has 11 heteroatoms. The zero-order chi connectivity index (χ0) is 26.5. The summed E-state index contributed by atoms with van der Waals surface area (Å²) >= 11 is 1.01. The van der Waals surface area contributed by atoms with E-state index in [0.29, 0.717) is 28.1 Å². The summed E-state index contributed by atoms with van der Waals surface area (Å²) in [6.45, 7) is 0. The number of ether oxygens (including phenoxy) is 4. The average Bonchev–Trinajstić information content (AvgIpc) is 3.39. The van der Waals surface area contributed by atoms with Gasteiger partial charge in [-0.15, -0.1) is 0 Å². The van der Waals surface area contributed by atoms with Crippen LogP contribution in [0, 0.1) is 0 Å². The Morgan fingerprint density at radius 3 is 2.03 bits per heavy atom. The maximum Gasteiger partial charge on any atom is 1.00 e. The number of Topliss-reactive ketones (excluding diaryl/α,β-unsaturated/α-hetero) is 1.